The fourth-order valence-electron chi connectivity index (χ4n) is 8.43. The van der Waals surface area contributed by atoms with Gasteiger partial charge in [0.05, 0.1) is 11.5 Å². The van der Waals surface area contributed by atoms with Gasteiger partial charge in [-0.05, 0) is 91.4 Å². The number of hydrogen-bond donors (Lipinski definition) is 0. The molecule has 0 saturated heterocycles. The monoisotopic (exact) mass is 470 g/mol. The van der Waals surface area contributed by atoms with Crippen LogP contribution in [-0.4, -0.2) is 24.6 Å². The van der Waals surface area contributed by atoms with Crippen molar-refractivity contribution in [3.63, 3.8) is 0 Å². The summed E-state index contributed by atoms with van der Waals surface area (Å²) in [6, 6.07) is 0. The Morgan fingerprint density at radius 1 is 1.15 bits per heavy atom. The van der Waals surface area contributed by atoms with Crippen molar-refractivity contribution in [2.75, 3.05) is 6.61 Å². The van der Waals surface area contributed by atoms with E-state index >= 15 is 0 Å². The Bertz CT molecular complexity index is 961. The van der Waals surface area contributed by atoms with Crippen LogP contribution in [0.4, 0.5) is 0 Å². The summed E-state index contributed by atoms with van der Waals surface area (Å²) in [7, 11) is 0. The predicted octanol–water partition coefficient (Wildman–Crippen LogP) is 6.57. The fraction of sp³-hybridized carbons (Fsp3) is 0.714. The van der Waals surface area contributed by atoms with Crippen LogP contribution >= 0.6 is 11.8 Å². The summed E-state index contributed by atoms with van der Waals surface area (Å²) >= 11 is 1.63. The molecule has 1 heterocycles. The summed E-state index contributed by atoms with van der Waals surface area (Å²) in [5.41, 5.74) is 3.60. The van der Waals surface area contributed by atoms with Crippen LogP contribution in [0.3, 0.4) is 0 Å². The van der Waals surface area contributed by atoms with Crippen molar-refractivity contribution in [2.24, 2.45) is 34.5 Å². The molecule has 0 N–H and O–H groups in total. The minimum atomic E-state index is -0.166. The first-order chi connectivity index (χ1) is 15.7. The van der Waals surface area contributed by atoms with E-state index in [-0.39, 0.29) is 28.9 Å². The first-order valence-electron chi connectivity index (χ1n) is 12.8. The molecule has 0 unspecified atom stereocenters. The first-order valence-corrected chi connectivity index (χ1v) is 13.6. The largest absolute Gasteiger partial charge is 0.462 e. The number of carbonyl (C=O) groups is 2. The van der Waals surface area contributed by atoms with Crippen molar-refractivity contribution < 1.29 is 19.1 Å². The van der Waals surface area contributed by atoms with Crippen molar-refractivity contribution in [3.05, 3.63) is 33.1 Å². The van der Waals surface area contributed by atoms with Gasteiger partial charge >= 0.3 is 11.9 Å². The van der Waals surface area contributed by atoms with E-state index in [0.29, 0.717) is 30.3 Å². The van der Waals surface area contributed by atoms with Gasteiger partial charge in [-0.2, -0.15) is 0 Å². The summed E-state index contributed by atoms with van der Waals surface area (Å²) in [4.78, 5) is 26.1. The van der Waals surface area contributed by atoms with Crippen LogP contribution in [0.1, 0.15) is 79.6 Å². The van der Waals surface area contributed by atoms with Gasteiger partial charge in [-0.1, -0.05) is 43.3 Å². The van der Waals surface area contributed by atoms with Gasteiger partial charge in [-0.3, -0.25) is 4.79 Å². The average Bonchev–Trinajstić information content (AvgIpc) is 3.06. The standard InChI is InChI=1S/C28H38O4S/c1-6-31-26(30)24-14-18-13-23-21-8-7-19-15-20(32-17(3)29)9-11-27(19,4)22(21)10-12-28(23,5)25(18)16(2)33-24/h7,14,18,20-23H,6,8-13,15H2,1-5H3/t18-,20-,21+,22-,23-,27-,28-/m0/s1. The summed E-state index contributed by atoms with van der Waals surface area (Å²) in [6.45, 7) is 11.0. The lowest BCUT2D eigenvalue weighted by Crippen LogP contribution is -2.49. The molecule has 0 radical (unpaired) electrons. The first kappa shape index (κ1) is 23.3. The molecule has 0 aromatic heterocycles. The Morgan fingerprint density at radius 2 is 1.91 bits per heavy atom. The van der Waals surface area contributed by atoms with Gasteiger partial charge < -0.3 is 9.47 Å². The van der Waals surface area contributed by atoms with Crippen LogP contribution in [0.5, 0.6) is 0 Å². The van der Waals surface area contributed by atoms with Crippen molar-refractivity contribution in [3.8, 4) is 0 Å². The number of hydrogen-bond acceptors (Lipinski definition) is 5. The Hall–Kier alpha value is -1.49. The van der Waals surface area contributed by atoms with E-state index in [1.54, 1.807) is 17.3 Å². The number of fused-ring (bicyclic) bond motifs is 7. The normalized spacial score (nSPS) is 41.7. The predicted molar refractivity (Wildman–Crippen MR) is 131 cm³/mol. The smallest absolute Gasteiger partial charge is 0.344 e. The van der Waals surface area contributed by atoms with Crippen molar-refractivity contribution in [1.82, 2.24) is 0 Å². The zero-order valence-corrected chi connectivity index (χ0v) is 21.6. The maximum absolute atomic E-state index is 12.5. The van der Waals surface area contributed by atoms with Crippen LogP contribution in [0.25, 0.3) is 0 Å². The van der Waals surface area contributed by atoms with Gasteiger partial charge in [0, 0.05) is 19.3 Å². The Labute approximate surface area is 202 Å². The molecule has 3 saturated carbocycles. The zero-order chi connectivity index (χ0) is 23.5. The highest BCUT2D eigenvalue weighted by Crippen LogP contribution is 2.69. The summed E-state index contributed by atoms with van der Waals surface area (Å²) < 4.78 is 10.9. The van der Waals surface area contributed by atoms with E-state index in [2.05, 4.69) is 32.9 Å². The molecule has 4 aliphatic carbocycles. The molecule has 5 heteroatoms. The lowest BCUT2D eigenvalue weighted by atomic mass is 9.48. The minimum Gasteiger partial charge on any atom is -0.462 e. The van der Waals surface area contributed by atoms with Crippen LogP contribution in [-0.2, 0) is 19.1 Å². The Morgan fingerprint density at radius 3 is 2.64 bits per heavy atom. The van der Waals surface area contributed by atoms with Crippen molar-refractivity contribution in [1.29, 1.82) is 0 Å². The summed E-state index contributed by atoms with van der Waals surface area (Å²) in [5.74, 6) is 2.11. The molecule has 33 heavy (non-hydrogen) atoms. The van der Waals surface area contributed by atoms with E-state index in [0.717, 1.165) is 37.0 Å². The lowest BCUT2D eigenvalue weighted by molar-refractivity contribution is -0.148. The topological polar surface area (TPSA) is 52.6 Å². The molecule has 180 valence electrons. The van der Waals surface area contributed by atoms with Crippen LogP contribution < -0.4 is 0 Å². The second-order valence-electron chi connectivity index (χ2n) is 11.4. The molecule has 0 spiro atoms. The molecule has 0 aromatic rings. The number of esters is 2. The third kappa shape index (κ3) is 3.64. The number of allylic oxidation sites excluding steroid dienone is 4. The molecule has 0 aromatic carbocycles. The fourth-order valence-corrected chi connectivity index (χ4v) is 9.63. The third-order valence-corrected chi connectivity index (χ3v) is 10.8. The second kappa shape index (κ2) is 8.32. The highest BCUT2D eigenvalue weighted by atomic mass is 32.2. The molecule has 5 aliphatic rings. The van der Waals surface area contributed by atoms with E-state index in [1.165, 1.54) is 30.2 Å². The maximum atomic E-state index is 12.5. The van der Waals surface area contributed by atoms with Gasteiger partial charge in [0.25, 0.3) is 0 Å². The zero-order valence-electron chi connectivity index (χ0n) is 20.7. The van der Waals surface area contributed by atoms with Gasteiger partial charge in [0.1, 0.15) is 6.10 Å². The number of carbonyl (C=O) groups excluding carboxylic acids is 2. The number of ether oxygens (including phenoxy) is 2. The second-order valence-corrected chi connectivity index (χ2v) is 12.6. The molecular formula is C28H38O4S. The van der Waals surface area contributed by atoms with E-state index in [1.807, 2.05) is 6.92 Å². The quantitative estimate of drug-likeness (QED) is 0.345. The lowest BCUT2D eigenvalue weighted by Gasteiger charge is -2.57. The highest BCUT2D eigenvalue weighted by Gasteiger charge is 2.60. The molecule has 5 rings (SSSR count). The molecular weight excluding hydrogens is 432 g/mol. The molecule has 1 aliphatic heterocycles. The summed E-state index contributed by atoms with van der Waals surface area (Å²) in [5, 5.41) is 0. The number of thioether (sulfide) groups is 1. The third-order valence-electron chi connectivity index (χ3n) is 9.75. The van der Waals surface area contributed by atoms with Crippen LogP contribution in [0.15, 0.2) is 33.1 Å². The molecule has 0 amide bonds. The van der Waals surface area contributed by atoms with E-state index in [9.17, 15) is 9.59 Å². The molecule has 3 fully saturated rings. The van der Waals surface area contributed by atoms with E-state index < -0.39 is 0 Å². The van der Waals surface area contributed by atoms with Crippen molar-refractivity contribution in [2.45, 2.75) is 85.7 Å². The van der Waals surface area contributed by atoms with Crippen LogP contribution in [0.2, 0.25) is 0 Å². The molecule has 4 nitrogen and oxygen atoms in total. The van der Waals surface area contributed by atoms with Crippen LogP contribution in [0, 0.1) is 34.5 Å². The minimum absolute atomic E-state index is 0.0536. The molecule has 7 atom stereocenters. The van der Waals surface area contributed by atoms with E-state index in [4.69, 9.17) is 9.47 Å². The maximum Gasteiger partial charge on any atom is 0.344 e. The van der Waals surface area contributed by atoms with Gasteiger partial charge in [0.15, 0.2) is 0 Å². The van der Waals surface area contributed by atoms with Crippen molar-refractivity contribution >= 4 is 23.7 Å². The Balaban J connectivity index is 1.42. The summed E-state index contributed by atoms with van der Waals surface area (Å²) in [6.07, 6.45) is 12.6. The van der Waals surface area contributed by atoms with Gasteiger partial charge in [-0.15, -0.1) is 0 Å². The molecule has 0 bridgehead atoms. The van der Waals surface area contributed by atoms with Gasteiger partial charge in [-0.25, -0.2) is 4.79 Å². The number of rotatable bonds is 3. The Kier molecular flexibility index (Phi) is 5.86. The van der Waals surface area contributed by atoms with Gasteiger partial charge in [0.2, 0.25) is 0 Å². The highest BCUT2D eigenvalue weighted by molar-refractivity contribution is 8.07. The SMILES string of the molecule is CCOC(=O)C1=C[C@@H]2C[C@H]3[C@@H]4CC=C5C[C@@H](OC(C)=O)CC[C@]5(C)[C@H]4CC[C@]3(C)C2=C(C)S1. The average molecular weight is 471 g/mol.